The van der Waals surface area contributed by atoms with E-state index in [1.165, 1.54) is 6.26 Å². The van der Waals surface area contributed by atoms with E-state index in [-0.39, 0.29) is 5.82 Å². The van der Waals surface area contributed by atoms with E-state index in [0.717, 1.165) is 5.56 Å². The molecule has 1 atom stereocenters. The van der Waals surface area contributed by atoms with Gasteiger partial charge in [-0.1, -0.05) is 0 Å². The Balaban J connectivity index is 2.53. The van der Waals surface area contributed by atoms with Crippen LogP contribution in [0.4, 0.5) is 5.82 Å². The lowest BCUT2D eigenvalue weighted by molar-refractivity contribution is 0.589. The lowest BCUT2D eigenvalue weighted by atomic mass is 10.2. The van der Waals surface area contributed by atoms with E-state index in [9.17, 15) is 8.42 Å². The molecular weight excluding hydrogens is 290 g/mol. The first kappa shape index (κ1) is 15.4. The summed E-state index contributed by atoms with van der Waals surface area (Å²) in [4.78, 5) is 8.68. The maximum atomic E-state index is 11.7. The molecule has 114 valence electrons. The Morgan fingerprint density at radius 2 is 2.10 bits per heavy atom. The molecule has 0 aliphatic heterocycles. The van der Waals surface area contributed by atoms with Gasteiger partial charge in [-0.05, 0) is 13.8 Å². The van der Waals surface area contributed by atoms with Crippen LogP contribution in [0.5, 0.6) is 0 Å². The van der Waals surface area contributed by atoms with Crippen molar-refractivity contribution in [3.8, 4) is 11.3 Å². The summed E-state index contributed by atoms with van der Waals surface area (Å²) in [5, 5.41) is 6.45. The van der Waals surface area contributed by atoms with Gasteiger partial charge in [0.25, 0.3) is 0 Å². The minimum absolute atomic E-state index is 0.287. The highest BCUT2D eigenvalue weighted by Gasteiger charge is 2.22. The zero-order chi connectivity index (χ0) is 15.6. The summed E-state index contributed by atoms with van der Waals surface area (Å²) in [5.41, 5.74) is 1.47. The second-order valence-electron chi connectivity index (χ2n) is 4.90. The Morgan fingerprint density at radius 3 is 2.62 bits per heavy atom. The standard InChI is InChI=1S/C13H19N5O2S/c1-5-14-12-6-11(10-7-15-18(3)8-10)16-13(17-12)9(2)21(4,19)20/h6-9H,5H2,1-4H3,(H,14,16,17). The van der Waals surface area contributed by atoms with Crippen LogP contribution >= 0.6 is 0 Å². The molecule has 21 heavy (non-hydrogen) atoms. The van der Waals surface area contributed by atoms with Crippen molar-refractivity contribution in [1.82, 2.24) is 19.7 Å². The van der Waals surface area contributed by atoms with E-state index in [1.54, 1.807) is 23.9 Å². The fourth-order valence-corrected chi connectivity index (χ4v) is 2.30. The largest absolute Gasteiger partial charge is 0.370 e. The average Bonchev–Trinajstić information content (AvgIpc) is 2.83. The van der Waals surface area contributed by atoms with Gasteiger partial charge >= 0.3 is 0 Å². The summed E-state index contributed by atoms with van der Waals surface area (Å²) in [7, 11) is -1.44. The molecule has 2 rings (SSSR count). The van der Waals surface area contributed by atoms with Crippen LogP contribution in [-0.2, 0) is 16.9 Å². The van der Waals surface area contributed by atoms with Crippen LogP contribution in [0.25, 0.3) is 11.3 Å². The summed E-state index contributed by atoms with van der Waals surface area (Å²) in [6.45, 7) is 4.23. The summed E-state index contributed by atoms with van der Waals surface area (Å²) in [6, 6.07) is 1.79. The van der Waals surface area contributed by atoms with Crippen molar-refractivity contribution >= 4 is 15.7 Å². The number of rotatable bonds is 5. The number of sulfone groups is 1. The average molecular weight is 309 g/mol. The highest BCUT2D eigenvalue weighted by atomic mass is 32.2. The molecular formula is C13H19N5O2S. The summed E-state index contributed by atoms with van der Waals surface area (Å²) in [5.74, 6) is 0.895. The van der Waals surface area contributed by atoms with Crippen molar-refractivity contribution in [3.63, 3.8) is 0 Å². The van der Waals surface area contributed by atoms with Gasteiger partial charge in [0.05, 0.1) is 11.9 Å². The topological polar surface area (TPSA) is 89.8 Å². The highest BCUT2D eigenvalue weighted by Crippen LogP contribution is 2.24. The fourth-order valence-electron chi connectivity index (χ4n) is 1.81. The highest BCUT2D eigenvalue weighted by molar-refractivity contribution is 7.90. The molecule has 0 aromatic carbocycles. The Hall–Kier alpha value is -1.96. The minimum atomic E-state index is -3.25. The van der Waals surface area contributed by atoms with Gasteiger partial charge in [0.2, 0.25) is 0 Å². The molecule has 0 aliphatic carbocycles. The van der Waals surface area contributed by atoms with E-state index in [1.807, 2.05) is 20.2 Å². The quantitative estimate of drug-likeness (QED) is 0.898. The lowest BCUT2D eigenvalue weighted by Gasteiger charge is -2.12. The lowest BCUT2D eigenvalue weighted by Crippen LogP contribution is -2.13. The molecule has 0 saturated carbocycles. The van der Waals surface area contributed by atoms with Crippen molar-refractivity contribution in [3.05, 3.63) is 24.3 Å². The van der Waals surface area contributed by atoms with Crippen LogP contribution in [0, 0.1) is 0 Å². The molecule has 7 nitrogen and oxygen atoms in total. The summed E-state index contributed by atoms with van der Waals surface area (Å²) >= 11 is 0. The first-order valence-electron chi connectivity index (χ1n) is 6.62. The normalized spacial score (nSPS) is 13.1. The van der Waals surface area contributed by atoms with Crippen LogP contribution in [0.2, 0.25) is 0 Å². The van der Waals surface area contributed by atoms with Crippen LogP contribution in [0.1, 0.15) is 24.9 Å². The van der Waals surface area contributed by atoms with Crippen LogP contribution in [0.3, 0.4) is 0 Å². The minimum Gasteiger partial charge on any atom is -0.370 e. The van der Waals surface area contributed by atoms with E-state index >= 15 is 0 Å². The van der Waals surface area contributed by atoms with Crippen molar-refractivity contribution < 1.29 is 8.42 Å². The molecule has 0 aliphatic rings. The maximum absolute atomic E-state index is 11.7. The zero-order valence-electron chi connectivity index (χ0n) is 12.5. The van der Waals surface area contributed by atoms with Gasteiger partial charge in [0, 0.05) is 37.7 Å². The molecule has 0 fully saturated rings. The van der Waals surface area contributed by atoms with Crippen molar-refractivity contribution in [1.29, 1.82) is 0 Å². The van der Waals surface area contributed by atoms with Crippen LogP contribution < -0.4 is 5.32 Å². The Kier molecular flexibility index (Phi) is 4.26. The van der Waals surface area contributed by atoms with Crippen molar-refractivity contribution in [2.24, 2.45) is 7.05 Å². The van der Waals surface area contributed by atoms with Gasteiger partial charge in [0.15, 0.2) is 9.84 Å². The van der Waals surface area contributed by atoms with Gasteiger partial charge in [0.1, 0.15) is 16.9 Å². The molecule has 1 N–H and O–H groups in total. The molecule has 0 radical (unpaired) electrons. The second kappa shape index (κ2) is 5.80. The molecule has 2 aromatic heterocycles. The van der Waals surface area contributed by atoms with E-state index in [2.05, 4.69) is 20.4 Å². The molecule has 0 spiro atoms. The van der Waals surface area contributed by atoms with E-state index in [4.69, 9.17) is 0 Å². The number of aryl methyl sites for hydroxylation is 1. The number of nitrogens with one attached hydrogen (secondary N) is 1. The van der Waals surface area contributed by atoms with Gasteiger partial charge in [-0.2, -0.15) is 5.10 Å². The molecule has 0 saturated heterocycles. The molecule has 0 bridgehead atoms. The van der Waals surface area contributed by atoms with Crippen LogP contribution in [0.15, 0.2) is 18.5 Å². The summed E-state index contributed by atoms with van der Waals surface area (Å²) < 4.78 is 25.1. The number of anilines is 1. The SMILES string of the molecule is CCNc1cc(-c2cnn(C)c2)nc(C(C)S(C)(=O)=O)n1. The molecule has 0 amide bonds. The maximum Gasteiger partial charge on any atom is 0.157 e. The van der Waals surface area contributed by atoms with Gasteiger partial charge in [-0.15, -0.1) is 0 Å². The number of hydrogen-bond acceptors (Lipinski definition) is 6. The fraction of sp³-hybridized carbons (Fsp3) is 0.462. The third-order valence-corrected chi connectivity index (χ3v) is 4.60. The Bertz CT molecular complexity index is 739. The van der Waals surface area contributed by atoms with Gasteiger partial charge in [-0.25, -0.2) is 18.4 Å². The van der Waals surface area contributed by atoms with Crippen molar-refractivity contribution in [2.45, 2.75) is 19.1 Å². The molecule has 2 heterocycles. The Labute approximate surface area is 124 Å². The molecule has 1 unspecified atom stereocenters. The molecule has 8 heteroatoms. The van der Waals surface area contributed by atoms with Gasteiger partial charge < -0.3 is 5.32 Å². The van der Waals surface area contributed by atoms with Gasteiger partial charge in [-0.3, -0.25) is 4.68 Å². The third-order valence-electron chi connectivity index (χ3n) is 3.11. The first-order valence-corrected chi connectivity index (χ1v) is 8.57. The van der Waals surface area contributed by atoms with E-state index in [0.29, 0.717) is 18.1 Å². The first-order chi connectivity index (χ1) is 9.81. The zero-order valence-corrected chi connectivity index (χ0v) is 13.3. The predicted octanol–water partition coefficient (Wildman–Crippen LogP) is 1.41. The number of nitrogens with zero attached hydrogens (tertiary/aromatic N) is 4. The van der Waals surface area contributed by atoms with E-state index < -0.39 is 15.1 Å². The monoisotopic (exact) mass is 309 g/mol. The van der Waals surface area contributed by atoms with Crippen LogP contribution in [-0.4, -0.2) is 41.0 Å². The van der Waals surface area contributed by atoms with Crippen molar-refractivity contribution in [2.75, 3.05) is 18.1 Å². The second-order valence-corrected chi connectivity index (χ2v) is 7.27. The molecule has 2 aromatic rings. The third kappa shape index (κ3) is 3.57. The number of hydrogen-bond donors (Lipinski definition) is 1. The Morgan fingerprint density at radius 1 is 1.38 bits per heavy atom. The smallest absolute Gasteiger partial charge is 0.157 e. The number of aromatic nitrogens is 4. The summed E-state index contributed by atoms with van der Waals surface area (Å²) in [6.07, 6.45) is 4.70. The predicted molar refractivity (Wildman–Crippen MR) is 81.7 cm³/mol.